The van der Waals surface area contributed by atoms with Gasteiger partial charge in [-0.3, -0.25) is 20.6 Å². The SMILES string of the molecule is O=C(NNc1cnccn1)c1ccccc1OC(F)(F)F. The summed E-state index contributed by atoms with van der Waals surface area (Å²) in [4.78, 5) is 19.4. The van der Waals surface area contributed by atoms with E-state index in [1.807, 2.05) is 0 Å². The molecule has 21 heavy (non-hydrogen) atoms. The molecule has 0 saturated carbocycles. The number of alkyl halides is 3. The van der Waals surface area contributed by atoms with Gasteiger partial charge in [0.15, 0.2) is 5.82 Å². The Labute approximate surface area is 116 Å². The number of aromatic nitrogens is 2. The molecule has 0 radical (unpaired) electrons. The number of ether oxygens (including phenoxy) is 1. The predicted octanol–water partition coefficient (Wildman–Crippen LogP) is 2.13. The number of nitrogens with zero attached hydrogens (tertiary/aromatic N) is 2. The number of rotatable bonds is 4. The molecule has 0 spiro atoms. The fourth-order valence-electron chi connectivity index (χ4n) is 1.42. The third-order valence-electron chi connectivity index (χ3n) is 2.22. The molecule has 0 fully saturated rings. The maximum atomic E-state index is 12.2. The van der Waals surface area contributed by atoms with Gasteiger partial charge in [0.1, 0.15) is 5.75 Å². The fraction of sp³-hybridized carbons (Fsp3) is 0.0833. The lowest BCUT2D eigenvalue weighted by molar-refractivity contribution is -0.274. The minimum Gasteiger partial charge on any atom is -0.405 e. The maximum absolute atomic E-state index is 12.2. The first kappa shape index (κ1) is 14.6. The van der Waals surface area contributed by atoms with Crippen LogP contribution in [0.15, 0.2) is 42.9 Å². The van der Waals surface area contributed by atoms with Crippen LogP contribution in [0.1, 0.15) is 10.4 Å². The van der Waals surface area contributed by atoms with E-state index in [1.54, 1.807) is 0 Å². The number of nitrogens with one attached hydrogen (secondary N) is 2. The molecule has 2 N–H and O–H groups in total. The van der Waals surface area contributed by atoms with Crippen molar-refractivity contribution in [2.75, 3.05) is 5.43 Å². The lowest BCUT2D eigenvalue weighted by atomic mass is 10.2. The monoisotopic (exact) mass is 298 g/mol. The molecule has 1 amide bonds. The minimum atomic E-state index is -4.88. The van der Waals surface area contributed by atoms with E-state index in [1.165, 1.54) is 36.8 Å². The first-order valence-electron chi connectivity index (χ1n) is 5.63. The van der Waals surface area contributed by atoms with Gasteiger partial charge < -0.3 is 4.74 Å². The van der Waals surface area contributed by atoms with Gasteiger partial charge in [-0.15, -0.1) is 13.2 Å². The van der Waals surface area contributed by atoms with Gasteiger partial charge in [0.2, 0.25) is 0 Å². The number of para-hydroxylation sites is 1. The molecule has 0 atom stereocenters. The van der Waals surface area contributed by atoms with E-state index in [9.17, 15) is 18.0 Å². The minimum absolute atomic E-state index is 0.236. The number of anilines is 1. The quantitative estimate of drug-likeness (QED) is 0.846. The van der Waals surface area contributed by atoms with Crippen molar-refractivity contribution in [1.82, 2.24) is 15.4 Å². The highest BCUT2D eigenvalue weighted by Crippen LogP contribution is 2.26. The van der Waals surface area contributed by atoms with Gasteiger partial charge in [-0.2, -0.15) is 0 Å². The van der Waals surface area contributed by atoms with Crippen molar-refractivity contribution in [3.8, 4) is 5.75 Å². The Morgan fingerprint density at radius 1 is 1.19 bits per heavy atom. The molecule has 0 aliphatic heterocycles. The standard InChI is InChI=1S/C12H9F3N4O2/c13-12(14,15)21-9-4-2-1-3-8(9)11(20)19-18-10-7-16-5-6-17-10/h1-7H,(H,17,18)(H,19,20). The summed E-state index contributed by atoms with van der Waals surface area (Å²) in [6.07, 6.45) is -0.734. The summed E-state index contributed by atoms with van der Waals surface area (Å²) in [7, 11) is 0. The van der Waals surface area contributed by atoms with Crippen LogP contribution >= 0.6 is 0 Å². The third kappa shape index (κ3) is 4.34. The molecule has 0 aliphatic carbocycles. The zero-order chi connectivity index (χ0) is 15.3. The van der Waals surface area contributed by atoms with Gasteiger partial charge in [-0.25, -0.2) is 4.98 Å². The topological polar surface area (TPSA) is 76.1 Å². The van der Waals surface area contributed by atoms with Crippen molar-refractivity contribution in [1.29, 1.82) is 0 Å². The van der Waals surface area contributed by atoms with E-state index in [4.69, 9.17) is 0 Å². The van der Waals surface area contributed by atoms with Gasteiger partial charge in [0, 0.05) is 12.4 Å². The van der Waals surface area contributed by atoms with Gasteiger partial charge in [0.05, 0.1) is 11.8 Å². The molecule has 2 aromatic rings. The molecular weight excluding hydrogens is 289 g/mol. The Morgan fingerprint density at radius 2 is 1.95 bits per heavy atom. The van der Waals surface area contributed by atoms with Crippen molar-refractivity contribution >= 4 is 11.7 Å². The number of hydrazine groups is 1. The third-order valence-corrected chi connectivity index (χ3v) is 2.22. The molecular formula is C12H9F3N4O2. The summed E-state index contributed by atoms with van der Waals surface area (Å²) in [5.41, 5.74) is 4.35. The predicted molar refractivity (Wildman–Crippen MR) is 66.2 cm³/mol. The molecule has 1 aromatic carbocycles. The number of amides is 1. The average molecular weight is 298 g/mol. The summed E-state index contributed by atoms with van der Waals surface area (Å²) in [6, 6.07) is 4.99. The van der Waals surface area contributed by atoms with Crippen LogP contribution in [0, 0.1) is 0 Å². The lowest BCUT2D eigenvalue weighted by Crippen LogP contribution is -2.31. The van der Waals surface area contributed by atoms with Gasteiger partial charge in [0.25, 0.3) is 5.91 Å². The number of hydrogen-bond donors (Lipinski definition) is 2. The fourth-order valence-corrected chi connectivity index (χ4v) is 1.42. The van der Waals surface area contributed by atoms with Crippen LogP contribution in [0.4, 0.5) is 19.0 Å². The molecule has 0 unspecified atom stereocenters. The maximum Gasteiger partial charge on any atom is 0.573 e. The summed E-state index contributed by atoms with van der Waals surface area (Å²) in [5.74, 6) is -1.16. The first-order chi connectivity index (χ1) is 9.96. The van der Waals surface area contributed by atoms with Crippen molar-refractivity contribution in [3.05, 3.63) is 48.4 Å². The van der Waals surface area contributed by atoms with Gasteiger partial charge in [-0.05, 0) is 12.1 Å². The Bertz CT molecular complexity index is 619. The highest BCUT2D eigenvalue weighted by molar-refractivity contribution is 5.97. The highest BCUT2D eigenvalue weighted by atomic mass is 19.4. The molecule has 110 valence electrons. The van der Waals surface area contributed by atoms with Gasteiger partial charge in [-0.1, -0.05) is 12.1 Å². The molecule has 6 nitrogen and oxygen atoms in total. The van der Waals surface area contributed by atoms with Crippen molar-refractivity contribution in [3.63, 3.8) is 0 Å². The van der Waals surface area contributed by atoms with Crippen molar-refractivity contribution < 1.29 is 22.7 Å². The van der Waals surface area contributed by atoms with E-state index in [2.05, 4.69) is 25.6 Å². The number of carbonyl (C=O) groups is 1. The molecule has 1 aromatic heterocycles. The van der Waals surface area contributed by atoms with Crippen LogP contribution in [0.3, 0.4) is 0 Å². The number of benzene rings is 1. The van der Waals surface area contributed by atoms with Gasteiger partial charge >= 0.3 is 6.36 Å². The zero-order valence-corrected chi connectivity index (χ0v) is 10.4. The highest BCUT2D eigenvalue weighted by Gasteiger charge is 2.32. The van der Waals surface area contributed by atoms with Crippen LogP contribution in [0.25, 0.3) is 0 Å². The second-order valence-electron chi connectivity index (χ2n) is 3.71. The van der Waals surface area contributed by atoms with E-state index in [0.29, 0.717) is 0 Å². The van der Waals surface area contributed by atoms with Crippen molar-refractivity contribution in [2.45, 2.75) is 6.36 Å². The Hall–Kier alpha value is -2.84. The molecule has 9 heteroatoms. The summed E-state index contributed by atoms with van der Waals surface area (Å²) < 4.78 is 40.5. The number of carbonyl (C=O) groups excluding carboxylic acids is 1. The second-order valence-corrected chi connectivity index (χ2v) is 3.71. The summed E-state index contributed by atoms with van der Waals surface area (Å²) >= 11 is 0. The largest absolute Gasteiger partial charge is 0.573 e. The smallest absolute Gasteiger partial charge is 0.405 e. The second kappa shape index (κ2) is 6.07. The van der Waals surface area contributed by atoms with Crippen LogP contribution in [-0.4, -0.2) is 22.2 Å². The molecule has 0 saturated heterocycles. The van der Waals surface area contributed by atoms with E-state index < -0.39 is 18.0 Å². The molecule has 1 heterocycles. The average Bonchev–Trinajstić information content (AvgIpc) is 2.45. The summed E-state index contributed by atoms with van der Waals surface area (Å²) in [6.45, 7) is 0. The normalized spacial score (nSPS) is 10.8. The number of hydrogen-bond acceptors (Lipinski definition) is 5. The molecule has 0 aliphatic rings. The first-order valence-corrected chi connectivity index (χ1v) is 5.63. The van der Waals surface area contributed by atoms with Crippen LogP contribution < -0.4 is 15.6 Å². The van der Waals surface area contributed by atoms with E-state index >= 15 is 0 Å². The molecule has 2 rings (SSSR count). The Balaban J connectivity index is 2.09. The van der Waals surface area contributed by atoms with Crippen molar-refractivity contribution in [2.24, 2.45) is 0 Å². The van der Waals surface area contributed by atoms with Crippen LogP contribution in [-0.2, 0) is 0 Å². The van der Waals surface area contributed by atoms with E-state index in [0.717, 1.165) is 6.07 Å². The van der Waals surface area contributed by atoms with E-state index in [-0.39, 0.29) is 11.4 Å². The summed E-state index contributed by atoms with van der Waals surface area (Å²) in [5, 5.41) is 0. The molecule has 0 bridgehead atoms. The zero-order valence-electron chi connectivity index (χ0n) is 10.4. The Kier molecular flexibility index (Phi) is 4.21. The lowest BCUT2D eigenvalue weighted by Gasteiger charge is -2.13. The van der Waals surface area contributed by atoms with Crippen LogP contribution in [0.5, 0.6) is 5.75 Å². The van der Waals surface area contributed by atoms with Crippen LogP contribution in [0.2, 0.25) is 0 Å². The number of halogens is 3. The Morgan fingerprint density at radius 3 is 2.62 bits per heavy atom.